The van der Waals surface area contributed by atoms with Crippen LogP contribution in [0.15, 0.2) is 146 Å². The SMILES string of the molecule is Cc1cccc(N(c2cccc(C)c2)C2(N(c3cccc(C)c3)c3cccc(C)c3)C=CC(c3ccccc3)=CC2(C)C)c1. The largest absolute Gasteiger partial charge is 0.313 e. The zero-order chi connectivity index (χ0) is 30.9. The molecule has 0 saturated carbocycles. The second-order valence-electron chi connectivity index (χ2n) is 12.8. The summed E-state index contributed by atoms with van der Waals surface area (Å²) in [6.45, 7) is 13.5. The van der Waals surface area contributed by atoms with Crippen molar-refractivity contribution in [1.29, 1.82) is 0 Å². The van der Waals surface area contributed by atoms with Crippen molar-refractivity contribution in [1.82, 2.24) is 0 Å². The summed E-state index contributed by atoms with van der Waals surface area (Å²) >= 11 is 0. The smallest absolute Gasteiger partial charge is 0.150 e. The Balaban J connectivity index is 1.74. The molecular formula is C42H42N2. The molecule has 0 unspecified atom stereocenters. The third kappa shape index (κ3) is 5.37. The van der Waals surface area contributed by atoms with E-state index in [9.17, 15) is 0 Å². The second-order valence-corrected chi connectivity index (χ2v) is 12.8. The first kappa shape index (κ1) is 29.3. The maximum absolute atomic E-state index is 2.56. The zero-order valence-electron chi connectivity index (χ0n) is 26.8. The third-order valence-electron chi connectivity index (χ3n) is 8.79. The predicted molar refractivity (Wildman–Crippen MR) is 189 cm³/mol. The molecule has 0 fully saturated rings. The van der Waals surface area contributed by atoms with Crippen LogP contribution in [-0.2, 0) is 0 Å². The van der Waals surface area contributed by atoms with Gasteiger partial charge in [-0.1, -0.05) is 105 Å². The van der Waals surface area contributed by atoms with Gasteiger partial charge in [0.15, 0.2) is 0 Å². The number of benzene rings is 5. The van der Waals surface area contributed by atoms with Gasteiger partial charge in [-0.3, -0.25) is 0 Å². The van der Waals surface area contributed by atoms with Crippen LogP contribution in [0.5, 0.6) is 0 Å². The second kappa shape index (κ2) is 11.7. The molecule has 0 atom stereocenters. The molecule has 5 aromatic carbocycles. The monoisotopic (exact) mass is 574 g/mol. The van der Waals surface area contributed by atoms with Crippen molar-refractivity contribution in [2.24, 2.45) is 5.41 Å². The van der Waals surface area contributed by atoms with Gasteiger partial charge in [-0.2, -0.15) is 0 Å². The number of rotatable bonds is 7. The molecule has 0 radical (unpaired) electrons. The first-order valence-corrected chi connectivity index (χ1v) is 15.5. The highest BCUT2D eigenvalue weighted by molar-refractivity contribution is 5.83. The average molecular weight is 575 g/mol. The lowest BCUT2D eigenvalue weighted by molar-refractivity contribution is 0.283. The number of aryl methyl sites for hydroxylation is 4. The van der Waals surface area contributed by atoms with E-state index in [0.717, 1.165) is 22.7 Å². The molecule has 2 nitrogen and oxygen atoms in total. The molecule has 1 aliphatic rings. The molecule has 0 aromatic heterocycles. The van der Waals surface area contributed by atoms with Crippen molar-refractivity contribution in [2.45, 2.75) is 47.2 Å². The Kier molecular flexibility index (Phi) is 7.78. The number of hydrogen-bond donors (Lipinski definition) is 0. The molecular weight excluding hydrogens is 532 g/mol. The van der Waals surface area contributed by atoms with Crippen LogP contribution in [0.4, 0.5) is 22.7 Å². The molecule has 2 heteroatoms. The lowest BCUT2D eigenvalue weighted by Gasteiger charge is -2.59. The van der Waals surface area contributed by atoms with Crippen LogP contribution < -0.4 is 9.80 Å². The van der Waals surface area contributed by atoms with Gasteiger partial charge < -0.3 is 9.80 Å². The average Bonchev–Trinajstić information content (AvgIpc) is 2.99. The highest BCUT2D eigenvalue weighted by Crippen LogP contribution is 2.54. The van der Waals surface area contributed by atoms with Crippen molar-refractivity contribution in [3.63, 3.8) is 0 Å². The summed E-state index contributed by atoms with van der Waals surface area (Å²) in [7, 11) is 0. The summed E-state index contributed by atoms with van der Waals surface area (Å²) in [5.41, 5.74) is 10.9. The van der Waals surface area contributed by atoms with Gasteiger partial charge >= 0.3 is 0 Å². The lowest BCUT2D eigenvalue weighted by atomic mass is 9.69. The molecule has 0 aliphatic heterocycles. The quantitative estimate of drug-likeness (QED) is 0.178. The van der Waals surface area contributed by atoms with Crippen LogP contribution in [0.1, 0.15) is 41.7 Å². The van der Waals surface area contributed by atoms with E-state index in [4.69, 9.17) is 0 Å². The van der Waals surface area contributed by atoms with Gasteiger partial charge in [-0.25, -0.2) is 0 Å². The Hall–Kier alpha value is -4.82. The molecule has 0 bridgehead atoms. The number of anilines is 4. The number of hydrogen-bond acceptors (Lipinski definition) is 2. The van der Waals surface area contributed by atoms with Gasteiger partial charge in [-0.15, -0.1) is 0 Å². The summed E-state index contributed by atoms with van der Waals surface area (Å²) in [6, 6.07) is 46.4. The van der Waals surface area contributed by atoms with Gasteiger partial charge in [0.25, 0.3) is 0 Å². The van der Waals surface area contributed by atoms with Gasteiger partial charge in [0.05, 0.1) is 0 Å². The Morgan fingerprint density at radius 2 is 0.841 bits per heavy atom. The maximum atomic E-state index is 2.56. The predicted octanol–water partition coefficient (Wildman–Crippen LogP) is 11.3. The van der Waals surface area contributed by atoms with Crippen molar-refractivity contribution in [3.05, 3.63) is 173 Å². The van der Waals surface area contributed by atoms with E-state index >= 15 is 0 Å². The van der Waals surface area contributed by atoms with E-state index in [1.165, 1.54) is 33.4 Å². The van der Waals surface area contributed by atoms with E-state index in [2.05, 4.69) is 197 Å². The van der Waals surface area contributed by atoms with Crippen molar-refractivity contribution >= 4 is 28.3 Å². The first-order valence-electron chi connectivity index (χ1n) is 15.5. The van der Waals surface area contributed by atoms with Crippen molar-refractivity contribution in [2.75, 3.05) is 9.80 Å². The Labute approximate surface area is 263 Å². The van der Waals surface area contributed by atoms with Gasteiger partial charge in [-0.05, 0) is 116 Å². The van der Waals surface area contributed by atoms with E-state index in [1.807, 2.05) is 0 Å². The minimum atomic E-state index is -0.686. The fourth-order valence-electron chi connectivity index (χ4n) is 6.75. The fraction of sp³-hybridized carbons (Fsp3) is 0.190. The molecule has 5 aromatic rings. The first-order chi connectivity index (χ1) is 21.2. The number of allylic oxidation sites excluding steroid dienone is 2. The summed E-state index contributed by atoms with van der Waals surface area (Å²) in [5, 5.41) is 0. The summed E-state index contributed by atoms with van der Waals surface area (Å²) in [6.07, 6.45) is 7.25. The molecule has 0 saturated heterocycles. The molecule has 1 aliphatic carbocycles. The highest BCUT2D eigenvalue weighted by Gasteiger charge is 2.54. The third-order valence-corrected chi connectivity index (χ3v) is 8.79. The summed E-state index contributed by atoms with van der Waals surface area (Å²) in [5.74, 6) is 0. The molecule has 0 amide bonds. The van der Waals surface area contributed by atoms with Crippen LogP contribution >= 0.6 is 0 Å². The highest BCUT2D eigenvalue weighted by atomic mass is 15.4. The van der Waals surface area contributed by atoms with E-state index < -0.39 is 11.1 Å². The van der Waals surface area contributed by atoms with Crippen LogP contribution in [0.2, 0.25) is 0 Å². The van der Waals surface area contributed by atoms with Crippen molar-refractivity contribution < 1.29 is 0 Å². The van der Waals surface area contributed by atoms with Gasteiger partial charge in [0.2, 0.25) is 0 Å². The lowest BCUT2D eigenvalue weighted by Crippen LogP contribution is -2.65. The van der Waals surface area contributed by atoms with E-state index in [1.54, 1.807) is 0 Å². The molecule has 6 rings (SSSR count). The van der Waals surface area contributed by atoms with E-state index in [-0.39, 0.29) is 0 Å². The Morgan fingerprint density at radius 1 is 0.455 bits per heavy atom. The van der Waals surface area contributed by atoms with Gasteiger partial charge in [0.1, 0.15) is 5.66 Å². The number of nitrogens with zero attached hydrogens (tertiary/aromatic N) is 2. The molecule has 44 heavy (non-hydrogen) atoms. The molecule has 0 spiro atoms. The molecule has 220 valence electrons. The van der Waals surface area contributed by atoms with E-state index in [0.29, 0.717) is 0 Å². The van der Waals surface area contributed by atoms with Crippen LogP contribution in [0.3, 0.4) is 0 Å². The zero-order valence-corrected chi connectivity index (χ0v) is 26.8. The Morgan fingerprint density at radius 3 is 1.18 bits per heavy atom. The minimum Gasteiger partial charge on any atom is -0.313 e. The normalized spacial score (nSPS) is 15.0. The fourth-order valence-corrected chi connectivity index (χ4v) is 6.75. The molecule has 0 heterocycles. The minimum absolute atomic E-state index is 0.395. The standard InChI is InChI=1S/C42H42N2/c1-31-14-10-20-37(26-31)43(38-21-11-15-32(2)27-38)42(25-24-36(30-41(42,5)6)35-18-8-7-9-19-35)44(39-22-12-16-33(3)28-39)40-23-13-17-34(4)29-40/h7-30H,1-6H3. The van der Waals surface area contributed by atoms with Crippen LogP contribution in [-0.4, -0.2) is 5.66 Å². The van der Waals surface area contributed by atoms with Crippen molar-refractivity contribution in [3.8, 4) is 0 Å². The topological polar surface area (TPSA) is 6.48 Å². The summed E-state index contributed by atoms with van der Waals surface area (Å²) in [4.78, 5) is 5.12. The Bertz CT molecular complexity index is 1660. The van der Waals surface area contributed by atoms with Crippen LogP contribution in [0, 0.1) is 33.1 Å². The maximum Gasteiger partial charge on any atom is 0.150 e. The molecule has 0 N–H and O–H groups in total. The van der Waals surface area contributed by atoms with Gasteiger partial charge in [0, 0.05) is 28.2 Å². The summed E-state index contributed by atoms with van der Waals surface area (Å²) < 4.78 is 0. The van der Waals surface area contributed by atoms with Crippen LogP contribution in [0.25, 0.3) is 5.57 Å².